The first-order valence-electron chi connectivity index (χ1n) is 18.0. The van der Waals surface area contributed by atoms with Crippen molar-refractivity contribution in [1.29, 1.82) is 0 Å². The highest BCUT2D eigenvalue weighted by molar-refractivity contribution is 6.32. The molecule has 2 saturated heterocycles. The molecule has 0 spiro atoms. The van der Waals surface area contributed by atoms with Gasteiger partial charge in [0.1, 0.15) is 12.4 Å². The molecule has 4 aliphatic rings. The lowest BCUT2D eigenvalue weighted by atomic mass is 9.49. The van der Waals surface area contributed by atoms with Gasteiger partial charge in [-0.1, -0.05) is 77.8 Å². The van der Waals surface area contributed by atoms with Crippen LogP contribution in [0.5, 0.6) is 5.75 Å². The Kier molecular flexibility index (Phi) is 9.35. The summed E-state index contributed by atoms with van der Waals surface area (Å²) in [5.41, 5.74) is -4.41. The fourth-order valence-corrected chi connectivity index (χ4v) is 9.60. The molecule has 0 aromatic heterocycles. The number of aliphatic hydroxyl groups is 1. The Balaban J connectivity index is 1.33. The van der Waals surface area contributed by atoms with Crippen molar-refractivity contribution in [2.24, 2.45) is 23.7 Å². The summed E-state index contributed by atoms with van der Waals surface area (Å²) >= 11 is 6.35. The van der Waals surface area contributed by atoms with Crippen LogP contribution in [0.25, 0.3) is 0 Å². The molecule has 0 radical (unpaired) electrons. The van der Waals surface area contributed by atoms with Crippen molar-refractivity contribution in [3.05, 3.63) is 136 Å². The summed E-state index contributed by atoms with van der Waals surface area (Å²) in [5, 5.41) is 9.95. The fraction of sp³-hybridized carbons (Fsp3) is 0.286. The molecule has 6 atom stereocenters. The quantitative estimate of drug-likeness (QED) is 0.115. The number of rotatable bonds is 7. The number of imide groups is 2. The Morgan fingerprint density at radius 2 is 1.40 bits per heavy atom. The molecule has 4 aromatic rings. The number of carbonyl (C=O) groups excluding carboxylic acids is 4. The number of benzene rings is 4. The van der Waals surface area contributed by atoms with E-state index in [2.05, 4.69) is 0 Å². The van der Waals surface area contributed by atoms with Crippen LogP contribution in [0.3, 0.4) is 0 Å². The van der Waals surface area contributed by atoms with Gasteiger partial charge < -0.3 is 9.84 Å². The highest BCUT2D eigenvalue weighted by atomic mass is 35.5. The van der Waals surface area contributed by atoms with E-state index in [1.165, 1.54) is 6.07 Å². The molecular weight excluding hydrogens is 778 g/mol. The molecule has 8 nitrogen and oxygen atoms in total. The van der Waals surface area contributed by atoms with E-state index in [0.717, 1.165) is 4.90 Å². The van der Waals surface area contributed by atoms with Crippen molar-refractivity contribution in [3.63, 3.8) is 0 Å². The molecule has 8 rings (SSSR count). The number of carbonyl (C=O) groups is 4. The third-order valence-corrected chi connectivity index (χ3v) is 11.8. The third-order valence-electron chi connectivity index (χ3n) is 11.6. The van der Waals surface area contributed by atoms with Gasteiger partial charge in [-0.05, 0) is 66.8 Å². The number of anilines is 2. The number of fused-ring (bicyclic) bond motifs is 4. The normalized spacial score (nSPS) is 26.0. The number of ether oxygens (including phenoxy) is 1. The maximum Gasteiger partial charge on any atom is 0.416 e. The van der Waals surface area contributed by atoms with Gasteiger partial charge >= 0.3 is 12.4 Å². The summed E-state index contributed by atoms with van der Waals surface area (Å²) in [6.45, 7) is -0.502. The molecular formula is C42H31ClF6N2O6. The monoisotopic (exact) mass is 808 g/mol. The largest absolute Gasteiger partial charge is 0.491 e. The van der Waals surface area contributed by atoms with Crippen molar-refractivity contribution in [2.45, 2.75) is 36.5 Å². The number of hydrogen-bond acceptors (Lipinski definition) is 6. The van der Waals surface area contributed by atoms with E-state index in [-0.39, 0.29) is 48.6 Å². The first-order valence-corrected chi connectivity index (χ1v) is 18.4. The molecule has 4 aromatic carbocycles. The summed E-state index contributed by atoms with van der Waals surface area (Å²) in [6.07, 6.45) is -9.10. The van der Waals surface area contributed by atoms with Gasteiger partial charge in [-0.25, -0.2) is 9.80 Å². The zero-order valence-electron chi connectivity index (χ0n) is 29.6. The Morgan fingerprint density at radius 1 is 0.737 bits per heavy atom. The van der Waals surface area contributed by atoms with Crippen LogP contribution in [0.2, 0.25) is 5.02 Å². The topological polar surface area (TPSA) is 104 Å². The standard InChI is InChI=1S/C42H31ClF6N2O6/c43-25-9-6-10-26(20-25)51-37(54)32-21-31-28(35(29-11-4-5-12-33(29)57-16-15-52)40(32,39(51)56)22-7-2-1-3-8-22)13-14-30-34(31)38(55)50(36(30)53)27-18-23(41(44,45)46)17-24(19-27)42(47,48)49/h1-13,17-20,30-32,34-35,52H,14-16,21H2. The molecule has 1 N–H and O–H groups in total. The van der Waals surface area contributed by atoms with Gasteiger partial charge in [0.15, 0.2) is 0 Å². The van der Waals surface area contributed by atoms with Crippen LogP contribution >= 0.6 is 11.6 Å². The second-order valence-electron chi connectivity index (χ2n) is 14.5. The molecule has 294 valence electrons. The Hall–Kier alpha value is -5.47. The van der Waals surface area contributed by atoms with Crippen LogP contribution in [-0.4, -0.2) is 41.9 Å². The molecule has 4 amide bonds. The molecule has 15 heteroatoms. The van der Waals surface area contributed by atoms with Crippen LogP contribution in [-0.2, 0) is 36.9 Å². The number of para-hydroxylation sites is 1. The van der Waals surface area contributed by atoms with Gasteiger partial charge in [-0.3, -0.25) is 19.2 Å². The highest BCUT2D eigenvalue weighted by Crippen LogP contribution is 2.65. The lowest BCUT2D eigenvalue weighted by Gasteiger charge is -2.51. The third kappa shape index (κ3) is 6.03. The number of alkyl halides is 6. The molecule has 6 unspecified atom stereocenters. The van der Waals surface area contributed by atoms with Crippen molar-refractivity contribution in [1.82, 2.24) is 0 Å². The van der Waals surface area contributed by atoms with Gasteiger partial charge in [0, 0.05) is 16.5 Å². The second-order valence-corrected chi connectivity index (χ2v) is 14.9. The van der Waals surface area contributed by atoms with Gasteiger partial charge in [0.25, 0.3) is 0 Å². The Morgan fingerprint density at radius 3 is 2.05 bits per heavy atom. The molecule has 2 heterocycles. The number of amides is 4. The van der Waals surface area contributed by atoms with Gasteiger partial charge in [-0.2, -0.15) is 26.3 Å². The SMILES string of the molecule is O=C1C2CC=C3C(CC4C(=O)N(c5cccc(Cl)c5)C(=O)C4(c4ccccc4)C3c3ccccc3OCCO)C2C(=O)N1c1cc(C(F)(F)F)cc(C(F)(F)F)c1. The zero-order chi connectivity index (χ0) is 40.6. The van der Waals surface area contributed by atoms with Crippen LogP contribution in [0.1, 0.15) is 41.0 Å². The first-order chi connectivity index (χ1) is 27.1. The molecule has 0 bridgehead atoms. The number of halogens is 7. The summed E-state index contributed by atoms with van der Waals surface area (Å²) in [5.74, 6) is -8.73. The minimum absolute atomic E-state index is 0.0825. The summed E-state index contributed by atoms with van der Waals surface area (Å²) < 4.78 is 89.6. The van der Waals surface area contributed by atoms with E-state index in [0.29, 0.717) is 33.7 Å². The lowest BCUT2D eigenvalue weighted by molar-refractivity contribution is -0.143. The van der Waals surface area contributed by atoms with E-state index in [1.807, 2.05) is 0 Å². The minimum Gasteiger partial charge on any atom is -0.491 e. The molecule has 1 saturated carbocycles. The molecule has 57 heavy (non-hydrogen) atoms. The van der Waals surface area contributed by atoms with Gasteiger partial charge in [-0.15, -0.1) is 0 Å². The van der Waals surface area contributed by atoms with E-state index in [4.69, 9.17) is 16.3 Å². The van der Waals surface area contributed by atoms with Crippen molar-refractivity contribution in [3.8, 4) is 5.75 Å². The smallest absolute Gasteiger partial charge is 0.416 e. The van der Waals surface area contributed by atoms with E-state index >= 15 is 4.79 Å². The molecule has 2 aliphatic heterocycles. The second kappa shape index (κ2) is 13.9. The van der Waals surface area contributed by atoms with E-state index in [1.54, 1.807) is 78.9 Å². The minimum atomic E-state index is -5.24. The predicted octanol–water partition coefficient (Wildman–Crippen LogP) is 8.12. The molecule has 3 fully saturated rings. The Labute approximate surface area is 326 Å². The summed E-state index contributed by atoms with van der Waals surface area (Å²) in [7, 11) is 0. The van der Waals surface area contributed by atoms with Gasteiger partial charge in [0.05, 0.1) is 52.3 Å². The van der Waals surface area contributed by atoms with Crippen molar-refractivity contribution >= 4 is 46.6 Å². The number of nitrogens with zero attached hydrogens (tertiary/aromatic N) is 2. The first kappa shape index (κ1) is 38.4. The van der Waals surface area contributed by atoms with E-state index in [9.17, 15) is 45.8 Å². The Bertz CT molecular complexity index is 2320. The average Bonchev–Trinajstić information content (AvgIpc) is 3.57. The fourth-order valence-electron chi connectivity index (χ4n) is 9.42. The highest BCUT2D eigenvalue weighted by Gasteiger charge is 2.70. The summed E-state index contributed by atoms with van der Waals surface area (Å²) in [6, 6.07) is 22.1. The van der Waals surface area contributed by atoms with Crippen LogP contribution < -0.4 is 14.5 Å². The van der Waals surface area contributed by atoms with Crippen molar-refractivity contribution < 1.29 is 55.4 Å². The lowest BCUT2D eigenvalue weighted by Crippen LogP contribution is -2.53. The number of aliphatic hydroxyl groups excluding tert-OH is 1. The molecule has 2 aliphatic carbocycles. The van der Waals surface area contributed by atoms with Crippen LogP contribution in [0, 0.1) is 23.7 Å². The zero-order valence-corrected chi connectivity index (χ0v) is 30.3. The number of hydrogen-bond donors (Lipinski definition) is 1. The average molecular weight is 809 g/mol. The summed E-state index contributed by atoms with van der Waals surface area (Å²) in [4.78, 5) is 60.5. The number of allylic oxidation sites excluding steroid dienone is 2. The predicted molar refractivity (Wildman–Crippen MR) is 194 cm³/mol. The van der Waals surface area contributed by atoms with E-state index < -0.39 is 87.8 Å². The maximum absolute atomic E-state index is 15.4. The van der Waals surface area contributed by atoms with Crippen LogP contribution in [0.15, 0.2) is 109 Å². The van der Waals surface area contributed by atoms with Crippen LogP contribution in [0.4, 0.5) is 37.7 Å². The van der Waals surface area contributed by atoms with Crippen molar-refractivity contribution in [2.75, 3.05) is 23.0 Å². The van der Waals surface area contributed by atoms with Gasteiger partial charge in [0.2, 0.25) is 23.6 Å². The maximum atomic E-state index is 15.4.